The van der Waals surface area contributed by atoms with Crippen LogP contribution in [0.3, 0.4) is 0 Å². The van der Waals surface area contributed by atoms with Gasteiger partial charge in [0.1, 0.15) is 0 Å². The minimum atomic E-state index is 0.424. The number of nitrogens with zero attached hydrogens (tertiary/aromatic N) is 1. The van der Waals surface area contributed by atoms with E-state index in [-0.39, 0.29) is 0 Å². The van der Waals surface area contributed by atoms with Gasteiger partial charge in [0.15, 0.2) is 0 Å². The minimum absolute atomic E-state index is 0.424. The van der Waals surface area contributed by atoms with E-state index in [1.165, 1.54) is 6.42 Å². The van der Waals surface area contributed by atoms with Gasteiger partial charge in [-0.25, -0.2) is 0 Å². The summed E-state index contributed by atoms with van der Waals surface area (Å²) in [6.07, 6.45) is 3.52. The van der Waals surface area contributed by atoms with Crippen molar-refractivity contribution in [2.24, 2.45) is 11.8 Å². The molecule has 2 heteroatoms. The first-order valence-electron chi connectivity index (χ1n) is 4.60. The molecule has 2 nitrogen and oxygen atoms in total. The van der Waals surface area contributed by atoms with E-state index in [1.807, 2.05) is 4.90 Å². The average Bonchev–Trinajstić information content (AvgIpc) is 2.65. The van der Waals surface area contributed by atoms with Crippen LogP contribution in [0.2, 0.25) is 0 Å². The molecular formula is C9H15NO. The van der Waals surface area contributed by atoms with Crippen molar-refractivity contribution in [1.82, 2.24) is 4.90 Å². The molecule has 1 aliphatic carbocycles. The van der Waals surface area contributed by atoms with Gasteiger partial charge in [-0.05, 0) is 25.2 Å². The van der Waals surface area contributed by atoms with Crippen molar-refractivity contribution in [3.05, 3.63) is 0 Å². The van der Waals surface area contributed by atoms with Crippen LogP contribution in [0.1, 0.15) is 26.2 Å². The molecule has 0 radical (unpaired) electrons. The first-order valence-corrected chi connectivity index (χ1v) is 4.60. The maximum atomic E-state index is 11.4. The number of likely N-dealkylation sites (tertiary alicyclic amines) is 1. The molecule has 0 unspecified atom stereocenters. The zero-order valence-electron chi connectivity index (χ0n) is 7.05. The topological polar surface area (TPSA) is 20.3 Å². The van der Waals surface area contributed by atoms with E-state index >= 15 is 0 Å². The van der Waals surface area contributed by atoms with E-state index in [0.717, 1.165) is 31.8 Å². The molecule has 2 fully saturated rings. The highest BCUT2D eigenvalue weighted by Gasteiger charge is 2.38. The molecule has 1 saturated heterocycles. The van der Waals surface area contributed by atoms with Crippen LogP contribution in [0.15, 0.2) is 0 Å². The molecule has 0 aromatic rings. The van der Waals surface area contributed by atoms with E-state index in [0.29, 0.717) is 11.8 Å². The molecule has 62 valence electrons. The fourth-order valence-corrected chi connectivity index (χ4v) is 1.60. The number of hydrogen-bond acceptors (Lipinski definition) is 1. The summed E-state index contributed by atoms with van der Waals surface area (Å²) in [7, 11) is 0. The van der Waals surface area contributed by atoms with Crippen molar-refractivity contribution in [2.75, 3.05) is 13.1 Å². The monoisotopic (exact) mass is 153 g/mol. The summed E-state index contributed by atoms with van der Waals surface area (Å²) in [5.41, 5.74) is 0. The predicted molar refractivity (Wildman–Crippen MR) is 43.1 cm³/mol. The molecule has 11 heavy (non-hydrogen) atoms. The van der Waals surface area contributed by atoms with Crippen molar-refractivity contribution in [3.8, 4) is 0 Å². The first-order chi connectivity index (χ1) is 5.31. The highest BCUT2D eigenvalue weighted by Crippen LogP contribution is 2.33. The molecular weight excluding hydrogens is 138 g/mol. The molecule has 0 aromatic carbocycles. The molecule has 0 bridgehead atoms. The Labute approximate surface area is 67.6 Å². The Balaban J connectivity index is 1.76. The van der Waals surface area contributed by atoms with Gasteiger partial charge in [-0.1, -0.05) is 6.92 Å². The van der Waals surface area contributed by atoms with Gasteiger partial charge < -0.3 is 4.90 Å². The van der Waals surface area contributed by atoms with Gasteiger partial charge in [-0.3, -0.25) is 4.79 Å². The minimum Gasteiger partial charge on any atom is -0.342 e. The normalized spacial score (nSPS) is 25.0. The number of carbonyl (C=O) groups excluding carboxylic acids is 1. The lowest BCUT2D eigenvalue weighted by molar-refractivity contribution is -0.138. The Morgan fingerprint density at radius 3 is 2.55 bits per heavy atom. The van der Waals surface area contributed by atoms with Gasteiger partial charge >= 0.3 is 0 Å². The summed E-state index contributed by atoms with van der Waals surface area (Å²) < 4.78 is 0. The molecule has 1 amide bonds. The summed E-state index contributed by atoms with van der Waals surface area (Å²) >= 11 is 0. The lowest BCUT2D eigenvalue weighted by Crippen LogP contribution is -2.50. The molecule has 1 aliphatic heterocycles. The van der Waals surface area contributed by atoms with Crippen molar-refractivity contribution in [3.63, 3.8) is 0 Å². The first kappa shape index (κ1) is 7.14. The smallest absolute Gasteiger partial charge is 0.225 e. The maximum Gasteiger partial charge on any atom is 0.225 e. The van der Waals surface area contributed by atoms with Gasteiger partial charge in [-0.15, -0.1) is 0 Å². The highest BCUT2D eigenvalue weighted by molar-refractivity contribution is 5.81. The number of rotatable bonds is 2. The second kappa shape index (κ2) is 2.50. The third kappa shape index (κ3) is 1.26. The Morgan fingerprint density at radius 1 is 1.45 bits per heavy atom. The Morgan fingerprint density at radius 2 is 2.09 bits per heavy atom. The summed E-state index contributed by atoms with van der Waals surface area (Å²) in [4.78, 5) is 13.4. The van der Waals surface area contributed by atoms with Crippen LogP contribution in [0.5, 0.6) is 0 Å². The van der Waals surface area contributed by atoms with Gasteiger partial charge in [0.2, 0.25) is 5.91 Å². The largest absolute Gasteiger partial charge is 0.342 e. The molecule has 1 saturated carbocycles. The van der Waals surface area contributed by atoms with E-state index < -0.39 is 0 Å². The van der Waals surface area contributed by atoms with Crippen LogP contribution in [-0.2, 0) is 4.79 Å². The van der Waals surface area contributed by atoms with E-state index in [1.54, 1.807) is 0 Å². The number of carbonyl (C=O) groups is 1. The second-order valence-corrected chi connectivity index (χ2v) is 3.79. The van der Waals surface area contributed by atoms with Crippen LogP contribution in [0, 0.1) is 11.8 Å². The van der Waals surface area contributed by atoms with Gasteiger partial charge in [-0.2, -0.15) is 0 Å². The van der Waals surface area contributed by atoms with Crippen LogP contribution < -0.4 is 0 Å². The lowest BCUT2D eigenvalue weighted by atomic mass is 9.97. The molecule has 0 aromatic heterocycles. The molecule has 0 atom stereocenters. The van der Waals surface area contributed by atoms with Gasteiger partial charge in [0.25, 0.3) is 0 Å². The standard InChI is InChI=1S/C9H15NO/c1-2-7-5-10(6-7)9(11)8-3-4-8/h7-8H,2-6H2,1H3. The van der Waals surface area contributed by atoms with Crippen LogP contribution in [-0.4, -0.2) is 23.9 Å². The maximum absolute atomic E-state index is 11.4. The van der Waals surface area contributed by atoms with E-state index in [4.69, 9.17) is 0 Å². The third-order valence-corrected chi connectivity index (χ3v) is 2.77. The third-order valence-electron chi connectivity index (χ3n) is 2.77. The summed E-state index contributed by atoms with van der Waals surface area (Å²) in [6.45, 7) is 4.27. The summed E-state index contributed by atoms with van der Waals surface area (Å²) in [5, 5.41) is 0. The van der Waals surface area contributed by atoms with Crippen molar-refractivity contribution < 1.29 is 4.79 Å². The van der Waals surface area contributed by atoms with Crippen molar-refractivity contribution >= 4 is 5.91 Å². The fourth-order valence-electron chi connectivity index (χ4n) is 1.60. The zero-order valence-corrected chi connectivity index (χ0v) is 7.05. The molecule has 0 N–H and O–H groups in total. The highest BCUT2D eigenvalue weighted by atomic mass is 16.2. The number of hydrogen-bond donors (Lipinski definition) is 0. The summed E-state index contributed by atoms with van der Waals surface area (Å²) in [6, 6.07) is 0. The second-order valence-electron chi connectivity index (χ2n) is 3.79. The van der Waals surface area contributed by atoms with Crippen LogP contribution >= 0.6 is 0 Å². The van der Waals surface area contributed by atoms with Crippen LogP contribution in [0.25, 0.3) is 0 Å². The van der Waals surface area contributed by atoms with E-state index in [9.17, 15) is 4.79 Å². The van der Waals surface area contributed by atoms with Gasteiger partial charge in [0.05, 0.1) is 0 Å². The molecule has 2 rings (SSSR count). The number of amides is 1. The lowest BCUT2D eigenvalue weighted by Gasteiger charge is -2.39. The average molecular weight is 153 g/mol. The quantitative estimate of drug-likeness (QED) is 0.585. The van der Waals surface area contributed by atoms with Crippen LogP contribution in [0.4, 0.5) is 0 Å². The Bertz CT molecular complexity index is 168. The predicted octanol–water partition coefficient (Wildman–Crippen LogP) is 1.26. The molecule has 1 heterocycles. The molecule has 0 spiro atoms. The van der Waals surface area contributed by atoms with Gasteiger partial charge in [0, 0.05) is 19.0 Å². The fraction of sp³-hybridized carbons (Fsp3) is 0.889. The van der Waals surface area contributed by atoms with Crippen molar-refractivity contribution in [2.45, 2.75) is 26.2 Å². The van der Waals surface area contributed by atoms with E-state index in [2.05, 4.69) is 6.92 Å². The van der Waals surface area contributed by atoms with Crippen molar-refractivity contribution in [1.29, 1.82) is 0 Å². The Hall–Kier alpha value is -0.530. The Kier molecular flexibility index (Phi) is 1.63. The molecule has 2 aliphatic rings. The zero-order chi connectivity index (χ0) is 7.84. The summed E-state index contributed by atoms with van der Waals surface area (Å²) in [5.74, 6) is 1.65. The SMILES string of the molecule is CCC1CN(C(=O)C2CC2)C1.